The van der Waals surface area contributed by atoms with Crippen LogP contribution in [-0.4, -0.2) is 30.5 Å². The van der Waals surface area contributed by atoms with Crippen molar-refractivity contribution < 1.29 is 9.53 Å². The predicted molar refractivity (Wildman–Crippen MR) is 85.1 cm³/mol. The number of amides is 1. The molecule has 1 aromatic rings. The molecule has 0 radical (unpaired) electrons. The van der Waals surface area contributed by atoms with Gasteiger partial charge in [0.05, 0.1) is 10.6 Å². The van der Waals surface area contributed by atoms with Gasteiger partial charge < -0.3 is 10.1 Å². The molecule has 1 aliphatic rings. The molecule has 104 valence electrons. The first kappa shape index (κ1) is 15.4. The van der Waals surface area contributed by atoms with E-state index in [-0.39, 0.29) is 11.4 Å². The van der Waals surface area contributed by atoms with Crippen LogP contribution in [0.1, 0.15) is 23.2 Å². The Hall–Kier alpha value is -0.0400. The van der Waals surface area contributed by atoms with Crippen LogP contribution < -0.4 is 5.32 Å². The number of ether oxygens (including phenoxy) is 1. The summed E-state index contributed by atoms with van der Waals surface area (Å²) in [5, 5.41) is 3.62. The van der Waals surface area contributed by atoms with Gasteiger partial charge in [-0.25, -0.2) is 0 Å². The van der Waals surface area contributed by atoms with Gasteiger partial charge in [0.15, 0.2) is 0 Å². The third-order valence-electron chi connectivity index (χ3n) is 3.27. The maximum Gasteiger partial charge on any atom is 0.251 e. The number of alkyl halides is 1. The lowest BCUT2D eigenvalue weighted by Crippen LogP contribution is -2.53. The van der Waals surface area contributed by atoms with E-state index < -0.39 is 0 Å². The van der Waals surface area contributed by atoms with Crippen LogP contribution in [0, 0.1) is 3.57 Å². The van der Waals surface area contributed by atoms with Crippen LogP contribution in [-0.2, 0) is 4.74 Å². The molecule has 19 heavy (non-hydrogen) atoms. The van der Waals surface area contributed by atoms with Gasteiger partial charge in [0.1, 0.15) is 0 Å². The summed E-state index contributed by atoms with van der Waals surface area (Å²) in [4.78, 5) is 12.3. The number of halogens is 3. The third kappa shape index (κ3) is 3.74. The number of hydrogen-bond acceptors (Lipinski definition) is 2. The van der Waals surface area contributed by atoms with Crippen molar-refractivity contribution in [3.63, 3.8) is 0 Å². The maximum atomic E-state index is 12.3. The van der Waals surface area contributed by atoms with E-state index in [1.807, 2.05) is 6.07 Å². The average Bonchev–Trinajstić information content (AvgIpc) is 2.43. The lowest BCUT2D eigenvalue weighted by Gasteiger charge is -2.36. The summed E-state index contributed by atoms with van der Waals surface area (Å²) in [5.74, 6) is 0.251. The maximum absolute atomic E-state index is 12.3. The number of carbonyl (C=O) groups is 1. The largest absolute Gasteiger partial charge is 0.381 e. The van der Waals surface area contributed by atoms with E-state index in [4.69, 9.17) is 27.9 Å². The molecule has 0 spiro atoms. The standard InChI is InChI=1S/C13H14Cl2INO2/c14-8-13(3-5-19-6-4-13)17-12(18)9-1-2-11(16)10(15)7-9/h1-2,7H,3-6,8H2,(H,17,18). The Bertz CT molecular complexity index is 476. The minimum Gasteiger partial charge on any atom is -0.381 e. The highest BCUT2D eigenvalue weighted by molar-refractivity contribution is 14.1. The van der Waals surface area contributed by atoms with Crippen molar-refractivity contribution in [2.75, 3.05) is 19.1 Å². The lowest BCUT2D eigenvalue weighted by atomic mass is 9.92. The molecular weight excluding hydrogens is 400 g/mol. The molecule has 1 fully saturated rings. The molecule has 0 saturated carbocycles. The summed E-state index contributed by atoms with van der Waals surface area (Å²) in [5.41, 5.74) is 0.188. The predicted octanol–water partition coefficient (Wildman–Crippen LogP) is 3.46. The Balaban J connectivity index is 2.12. The molecule has 6 heteroatoms. The van der Waals surface area contributed by atoms with Gasteiger partial charge in [0.25, 0.3) is 5.91 Å². The minimum atomic E-state index is -0.369. The van der Waals surface area contributed by atoms with Gasteiger partial charge in [-0.1, -0.05) is 11.6 Å². The number of rotatable bonds is 3. The van der Waals surface area contributed by atoms with E-state index >= 15 is 0 Å². The van der Waals surface area contributed by atoms with Gasteiger partial charge in [-0.15, -0.1) is 11.6 Å². The van der Waals surface area contributed by atoms with Crippen molar-refractivity contribution in [2.45, 2.75) is 18.4 Å². The van der Waals surface area contributed by atoms with Crippen molar-refractivity contribution in [1.29, 1.82) is 0 Å². The van der Waals surface area contributed by atoms with E-state index in [9.17, 15) is 4.79 Å². The smallest absolute Gasteiger partial charge is 0.251 e. The molecule has 1 N–H and O–H groups in total. The monoisotopic (exact) mass is 413 g/mol. The van der Waals surface area contributed by atoms with Crippen molar-refractivity contribution in [2.24, 2.45) is 0 Å². The Morgan fingerprint density at radius 3 is 2.68 bits per heavy atom. The van der Waals surface area contributed by atoms with Gasteiger partial charge in [-0.05, 0) is 53.6 Å². The van der Waals surface area contributed by atoms with E-state index in [1.54, 1.807) is 12.1 Å². The second kappa shape index (κ2) is 6.61. The zero-order valence-corrected chi connectivity index (χ0v) is 13.9. The van der Waals surface area contributed by atoms with Crippen LogP contribution in [0.2, 0.25) is 5.02 Å². The van der Waals surface area contributed by atoms with Crippen LogP contribution in [0.25, 0.3) is 0 Å². The van der Waals surface area contributed by atoms with E-state index in [1.165, 1.54) is 0 Å². The fraction of sp³-hybridized carbons (Fsp3) is 0.462. The van der Waals surface area contributed by atoms with E-state index in [2.05, 4.69) is 27.9 Å². The van der Waals surface area contributed by atoms with Crippen LogP contribution in [0.4, 0.5) is 0 Å². The van der Waals surface area contributed by atoms with E-state index in [0.29, 0.717) is 29.7 Å². The Kier molecular flexibility index (Phi) is 5.34. The lowest BCUT2D eigenvalue weighted by molar-refractivity contribution is 0.0434. The molecule has 1 saturated heterocycles. The Morgan fingerprint density at radius 2 is 2.11 bits per heavy atom. The molecule has 0 aromatic heterocycles. The van der Waals surface area contributed by atoms with Crippen molar-refractivity contribution in [1.82, 2.24) is 5.32 Å². The van der Waals surface area contributed by atoms with Crippen molar-refractivity contribution in [3.8, 4) is 0 Å². The van der Waals surface area contributed by atoms with Crippen molar-refractivity contribution >= 4 is 51.7 Å². The van der Waals surface area contributed by atoms with Gasteiger partial charge >= 0.3 is 0 Å². The molecule has 3 nitrogen and oxygen atoms in total. The second-order valence-electron chi connectivity index (χ2n) is 4.61. The van der Waals surface area contributed by atoms with Crippen molar-refractivity contribution in [3.05, 3.63) is 32.4 Å². The average molecular weight is 414 g/mol. The third-order valence-corrected chi connectivity index (χ3v) is 5.35. The molecule has 2 rings (SSSR count). The van der Waals surface area contributed by atoms with Crippen LogP contribution in [0.15, 0.2) is 18.2 Å². The molecule has 1 aliphatic heterocycles. The zero-order valence-electron chi connectivity index (χ0n) is 10.2. The number of hydrogen-bond donors (Lipinski definition) is 1. The summed E-state index contributed by atoms with van der Waals surface area (Å²) >= 11 is 14.2. The molecule has 0 unspecified atom stereocenters. The van der Waals surface area contributed by atoms with E-state index in [0.717, 1.165) is 16.4 Å². The Morgan fingerprint density at radius 1 is 1.42 bits per heavy atom. The van der Waals surface area contributed by atoms with Gasteiger partial charge in [-0.3, -0.25) is 4.79 Å². The molecule has 1 heterocycles. The highest BCUT2D eigenvalue weighted by Gasteiger charge is 2.33. The number of benzene rings is 1. The first-order chi connectivity index (χ1) is 9.06. The minimum absolute atomic E-state index is 0.138. The number of carbonyl (C=O) groups excluding carboxylic acids is 1. The fourth-order valence-corrected chi connectivity index (χ4v) is 2.85. The first-order valence-electron chi connectivity index (χ1n) is 5.98. The summed E-state index contributed by atoms with van der Waals surface area (Å²) in [7, 11) is 0. The SMILES string of the molecule is O=C(NC1(CCl)CCOCC1)c1ccc(I)c(Cl)c1. The second-order valence-corrected chi connectivity index (χ2v) is 6.45. The summed E-state index contributed by atoms with van der Waals surface area (Å²) in [6.45, 7) is 1.25. The molecule has 0 bridgehead atoms. The molecule has 1 amide bonds. The molecular formula is C13H14Cl2INO2. The highest BCUT2D eigenvalue weighted by atomic mass is 127. The quantitative estimate of drug-likeness (QED) is 0.608. The molecule has 0 atom stereocenters. The summed E-state index contributed by atoms with van der Waals surface area (Å²) < 4.78 is 6.24. The number of nitrogens with one attached hydrogen (secondary N) is 1. The van der Waals surface area contributed by atoms with Crippen LogP contribution in [0.3, 0.4) is 0 Å². The highest BCUT2D eigenvalue weighted by Crippen LogP contribution is 2.24. The van der Waals surface area contributed by atoms with Gasteiger partial charge in [0.2, 0.25) is 0 Å². The summed E-state index contributed by atoms with van der Waals surface area (Å²) in [6, 6.07) is 5.28. The van der Waals surface area contributed by atoms with Gasteiger partial charge in [0, 0.05) is 28.2 Å². The van der Waals surface area contributed by atoms with Gasteiger partial charge in [-0.2, -0.15) is 0 Å². The fourth-order valence-electron chi connectivity index (χ4n) is 2.00. The molecule has 0 aliphatic carbocycles. The van der Waals surface area contributed by atoms with Crippen LogP contribution in [0.5, 0.6) is 0 Å². The first-order valence-corrected chi connectivity index (χ1v) is 7.97. The Labute approximate surface area is 136 Å². The molecule has 1 aromatic carbocycles. The topological polar surface area (TPSA) is 38.3 Å². The van der Waals surface area contributed by atoms with Crippen LogP contribution >= 0.6 is 45.8 Å². The summed E-state index contributed by atoms with van der Waals surface area (Å²) in [6.07, 6.45) is 1.47. The zero-order chi connectivity index (χ0) is 13.9. The normalized spacial score (nSPS) is 18.1.